The quantitative estimate of drug-likeness (QED) is 0.105. The third-order valence-corrected chi connectivity index (χ3v) is 7.56. The van der Waals surface area contributed by atoms with Gasteiger partial charge in [0.05, 0.1) is 0 Å². The van der Waals surface area contributed by atoms with Crippen LogP contribution in [0.15, 0.2) is 133 Å². The molecule has 2 atom stereocenters. The summed E-state index contributed by atoms with van der Waals surface area (Å²) in [5, 5.41) is 0. The van der Waals surface area contributed by atoms with Gasteiger partial charge in [-0.05, 0) is 61.8 Å². The zero-order valence-electron chi connectivity index (χ0n) is 23.8. The summed E-state index contributed by atoms with van der Waals surface area (Å²) in [5.74, 6) is 0. The maximum atomic E-state index is 3.71. The van der Waals surface area contributed by atoms with E-state index in [1.807, 2.05) is 0 Å². The molecule has 0 unspecified atom stereocenters. The van der Waals surface area contributed by atoms with E-state index >= 15 is 0 Å². The molecule has 4 aromatic rings. The number of rotatable bonds is 4. The standard InChI is InChI=1S/C29H26N2.C8H12.ClH.Rh/c1-22-23(2)31(29-20-12-10-18-27(29)25-15-7-4-8-16-25)21-30(22)28-19-11-9-17-26(28)24-13-5-3-6-14-24;1-2-4-6-8-7-5-3-1;;/h3-20,22-23H,1-2H3;1-2,7-8H,3-6H2;1H;/p-1/b;2-1-,8-7-;;/t22-,23+;;;. The molecule has 1 aliphatic carbocycles. The molecule has 0 amide bonds. The molecule has 1 radical (unpaired) electrons. The Hall–Kier alpha value is -3.26. The zero-order valence-corrected chi connectivity index (χ0v) is 26.2. The fourth-order valence-corrected chi connectivity index (χ4v) is 5.22. The van der Waals surface area contributed by atoms with Crippen LogP contribution in [0.3, 0.4) is 0 Å². The number of benzene rings is 4. The average molecular weight is 649 g/mol. The smallest absolute Gasteiger partial charge is 0.207 e. The van der Waals surface area contributed by atoms with Crippen LogP contribution in [0.1, 0.15) is 39.5 Å². The second-order valence-electron chi connectivity index (χ2n) is 10.2. The van der Waals surface area contributed by atoms with E-state index < -0.39 is 0 Å². The van der Waals surface area contributed by atoms with Crippen molar-refractivity contribution in [3.63, 3.8) is 0 Å². The minimum atomic E-state index is 0. The maximum Gasteiger partial charge on any atom is 0.207 e. The average Bonchev–Trinajstić information content (AvgIpc) is 3.27. The first-order valence-corrected chi connectivity index (χ1v) is 14.2. The van der Waals surface area contributed by atoms with Crippen molar-refractivity contribution < 1.29 is 36.5 Å². The molecule has 1 aliphatic heterocycles. The van der Waals surface area contributed by atoms with Crippen molar-refractivity contribution in [1.82, 2.24) is 0 Å². The molecule has 4 heteroatoms. The largest absolute Gasteiger partial charge is 1.00 e. The van der Waals surface area contributed by atoms with Gasteiger partial charge in [-0.3, -0.25) is 0 Å². The number of anilines is 1. The molecule has 2 nitrogen and oxygen atoms in total. The van der Waals surface area contributed by atoms with E-state index in [1.165, 1.54) is 59.3 Å². The Labute approximate surface area is 265 Å². The Kier molecular flexibility index (Phi) is 12.8. The van der Waals surface area contributed by atoms with Crippen molar-refractivity contribution in [2.75, 3.05) is 4.90 Å². The van der Waals surface area contributed by atoms with E-state index in [4.69, 9.17) is 0 Å². The van der Waals surface area contributed by atoms with Crippen molar-refractivity contribution in [1.29, 1.82) is 0 Å². The van der Waals surface area contributed by atoms with Crippen LogP contribution in [-0.4, -0.2) is 23.0 Å². The Bertz CT molecular complexity index is 1420. The first-order valence-electron chi connectivity index (χ1n) is 14.2. The molecule has 0 spiro atoms. The summed E-state index contributed by atoms with van der Waals surface area (Å²) in [4.78, 5) is 2.30. The van der Waals surface area contributed by atoms with E-state index in [2.05, 4.69) is 163 Å². The minimum Gasteiger partial charge on any atom is -1.00 e. The van der Waals surface area contributed by atoms with Gasteiger partial charge in [0.1, 0.15) is 12.1 Å². The van der Waals surface area contributed by atoms with E-state index in [0.29, 0.717) is 0 Å². The molecule has 0 N–H and O–H groups in total. The van der Waals surface area contributed by atoms with Gasteiger partial charge in [-0.25, -0.2) is 0 Å². The van der Waals surface area contributed by atoms with Crippen LogP contribution < -0.4 is 17.3 Å². The van der Waals surface area contributed by atoms with E-state index in [1.54, 1.807) is 0 Å². The molecular weight excluding hydrogens is 611 g/mol. The van der Waals surface area contributed by atoms with Gasteiger partial charge in [0, 0.05) is 30.9 Å². The number of nitrogens with zero attached hydrogens (tertiary/aromatic N) is 2. The molecule has 41 heavy (non-hydrogen) atoms. The van der Waals surface area contributed by atoms with Gasteiger partial charge in [-0.15, -0.1) is 0 Å². The van der Waals surface area contributed by atoms with Crippen LogP contribution in [0, 0.1) is 0 Å². The number of para-hydroxylation sites is 2. The summed E-state index contributed by atoms with van der Waals surface area (Å²) in [7, 11) is 0. The molecule has 6 rings (SSSR count). The van der Waals surface area contributed by atoms with Crippen molar-refractivity contribution in [3.8, 4) is 22.3 Å². The van der Waals surface area contributed by atoms with Crippen LogP contribution >= 0.6 is 0 Å². The molecule has 213 valence electrons. The Balaban J connectivity index is 0.000000402. The van der Waals surface area contributed by atoms with Gasteiger partial charge < -0.3 is 21.9 Å². The number of hydrogen-bond donors (Lipinski definition) is 0. The van der Waals surface area contributed by atoms with E-state index in [-0.39, 0.29) is 44.0 Å². The van der Waals surface area contributed by atoms with Crippen molar-refractivity contribution in [2.24, 2.45) is 0 Å². The van der Waals surface area contributed by atoms with E-state index in [9.17, 15) is 0 Å². The van der Waals surface area contributed by atoms with Crippen LogP contribution in [-0.2, 0) is 19.5 Å². The van der Waals surface area contributed by atoms with Crippen LogP contribution in [0.25, 0.3) is 22.3 Å². The Morgan fingerprint density at radius 3 is 1.59 bits per heavy atom. The zero-order chi connectivity index (χ0) is 26.9. The minimum absolute atomic E-state index is 0. The monoisotopic (exact) mass is 648 g/mol. The van der Waals surface area contributed by atoms with Gasteiger partial charge in [-0.1, -0.05) is 133 Å². The molecule has 1 heterocycles. The maximum absolute atomic E-state index is 3.71. The summed E-state index contributed by atoms with van der Waals surface area (Å²) in [6.45, 7) is 4.56. The number of halogens is 1. The number of allylic oxidation sites excluding steroid dienone is 4. The molecule has 0 aromatic heterocycles. The topological polar surface area (TPSA) is 6.25 Å². The fraction of sp³-hybridized carbons (Fsp3) is 0.216. The van der Waals surface area contributed by atoms with Gasteiger partial charge in [0.2, 0.25) is 6.34 Å². The summed E-state index contributed by atoms with van der Waals surface area (Å²) in [6, 6.07) is 39.0. The second kappa shape index (κ2) is 16.3. The van der Waals surface area contributed by atoms with Gasteiger partial charge in [-0.2, -0.15) is 0 Å². The first kappa shape index (κ1) is 32.3. The second-order valence-corrected chi connectivity index (χ2v) is 10.2. The van der Waals surface area contributed by atoms with Crippen LogP contribution in [0.4, 0.5) is 11.4 Å². The Morgan fingerprint density at radius 2 is 1.02 bits per heavy atom. The SMILES string of the molecule is C1=C\CC/C=C\CC/1.C[C@@H]1[C@H](C)N(c2ccccc2-c2ccccc2)[C-]=[N+]1c1ccccc1-c1ccccc1.[Cl-].[Rh]. The molecule has 2 aliphatic rings. The van der Waals surface area contributed by atoms with Crippen molar-refractivity contribution in [2.45, 2.75) is 51.6 Å². The first-order chi connectivity index (χ1) is 19.2. The van der Waals surface area contributed by atoms with Crippen LogP contribution in [0.2, 0.25) is 0 Å². The molecule has 0 saturated heterocycles. The summed E-state index contributed by atoms with van der Waals surface area (Å²) in [5.41, 5.74) is 7.28. The predicted octanol–water partition coefficient (Wildman–Crippen LogP) is 6.54. The number of hydrogen-bond acceptors (Lipinski definition) is 1. The van der Waals surface area contributed by atoms with Crippen molar-refractivity contribution in [3.05, 3.63) is 133 Å². The molecular formula is C37H38ClN2Rh-. The normalized spacial score (nSPS) is 19.2. The van der Waals surface area contributed by atoms with Gasteiger partial charge in [0.15, 0.2) is 0 Å². The molecule has 0 bridgehead atoms. The summed E-state index contributed by atoms with van der Waals surface area (Å²) in [6.07, 6.45) is 17.7. The third-order valence-electron chi connectivity index (χ3n) is 7.56. The summed E-state index contributed by atoms with van der Waals surface area (Å²) >= 11 is 0. The summed E-state index contributed by atoms with van der Waals surface area (Å²) < 4.78 is 2.30. The van der Waals surface area contributed by atoms with Crippen LogP contribution in [0.5, 0.6) is 0 Å². The molecule has 4 aromatic carbocycles. The van der Waals surface area contributed by atoms with Gasteiger partial charge in [0.25, 0.3) is 0 Å². The predicted molar refractivity (Wildman–Crippen MR) is 167 cm³/mol. The Morgan fingerprint density at radius 1 is 0.585 bits per heavy atom. The van der Waals surface area contributed by atoms with Crippen molar-refractivity contribution >= 4 is 17.7 Å². The molecule has 0 fully saturated rings. The van der Waals surface area contributed by atoms with E-state index in [0.717, 1.165) is 0 Å². The third kappa shape index (κ3) is 7.94. The molecule has 0 saturated carbocycles. The fourth-order valence-electron chi connectivity index (χ4n) is 5.22. The van der Waals surface area contributed by atoms with Gasteiger partial charge >= 0.3 is 0 Å².